The van der Waals surface area contributed by atoms with Crippen LogP contribution in [-0.2, 0) is 0 Å². The lowest BCUT2D eigenvalue weighted by molar-refractivity contribution is 0.258. The monoisotopic (exact) mass is 450 g/mol. The maximum absolute atomic E-state index is 15.9. The topological polar surface area (TPSA) is 52.5 Å². The van der Waals surface area contributed by atoms with Gasteiger partial charge in [0.05, 0.1) is 5.02 Å². The van der Waals surface area contributed by atoms with Crippen molar-refractivity contribution in [1.82, 2.24) is 14.9 Å². The molecule has 0 saturated carbocycles. The molecule has 0 atom stereocenters. The van der Waals surface area contributed by atoms with E-state index in [4.69, 9.17) is 11.6 Å². The Labute approximate surface area is 191 Å². The third-order valence-electron chi connectivity index (χ3n) is 6.13. The van der Waals surface area contributed by atoms with Crippen LogP contribution >= 0.6 is 11.6 Å². The molecule has 1 fully saturated rings. The number of fused-ring (bicyclic) bond motifs is 2. The van der Waals surface area contributed by atoms with E-state index < -0.39 is 5.82 Å². The van der Waals surface area contributed by atoms with E-state index in [1.165, 1.54) is 6.33 Å². The summed E-state index contributed by atoms with van der Waals surface area (Å²) < 4.78 is 15.9. The van der Waals surface area contributed by atoms with Crippen LogP contribution in [0, 0.1) is 5.82 Å². The summed E-state index contributed by atoms with van der Waals surface area (Å²) >= 11 is 6.67. The number of hydrogen-bond donors (Lipinski definition) is 1. The first-order valence-electron chi connectivity index (χ1n) is 10.9. The minimum absolute atomic E-state index is 0.0580. The summed E-state index contributed by atoms with van der Waals surface area (Å²) in [6.45, 7) is 6.81. The fourth-order valence-corrected chi connectivity index (χ4v) is 4.91. The number of piperazine rings is 1. The lowest BCUT2D eigenvalue weighted by Gasteiger charge is -2.35. The van der Waals surface area contributed by atoms with Crippen LogP contribution in [0.5, 0.6) is 5.75 Å². The largest absolute Gasteiger partial charge is 0.508 e. The number of nitrogens with zero attached hydrogens (tertiary/aromatic N) is 4. The van der Waals surface area contributed by atoms with Crippen LogP contribution < -0.4 is 4.90 Å². The molecule has 7 heteroatoms. The molecular weight excluding hydrogens is 427 g/mol. The number of rotatable bonds is 4. The molecule has 1 aliphatic rings. The van der Waals surface area contributed by atoms with Gasteiger partial charge in [-0.1, -0.05) is 42.8 Å². The molecule has 1 saturated heterocycles. The first kappa shape index (κ1) is 20.9. The number of aromatic nitrogens is 2. The molecule has 4 aromatic rings. The third-order valence-corrected chi connectivity index (χ3v) is 6.43. The van der Waals surface area contributed by atoms with Gasteiger partial charge >= 0.3 is 0 Å². The maximum atomic E-state index is 15.9. The van der Waals surface area contributed by atoms with Crippen LogP contribution in [-0.4, -0.2) is 52.7 Å². The molecule has 1 aliphatic heterocycles. The highest BCUT2D eigenvalue weighted by Crippen LogP contribution is 2.41. The van der Waals surface area contributed by atoms with Gasteiger partial charge < -0.3 is 10.0 Å². The second-order valence-electron chi connectivity index (χ2n) is 8.18. The Morgan fingerprint density at radius 1 is 1.03 bits per heavy atom. The zero-order valence-electron chi connectivity index (χ0n) is 17.9. The van der Waals surface area contributed by atoms with Crippen molar-refractivity contribution in [2.75, 3.05) is 37.6 Å². The van der Waals surface area contributed by atoms with Crippen molar-refractivity contribution in [3.63, 3.8) is 0 Å². The number of hydrogen-bond acceptors (Lipinski definition) is 5. The Morgan fingerprint density at radius 3 is 2.59 bits per heavy atom. The molecule has 0 bridgehead atoms. The number of aromatic hydroxyl groups is 1. The van der Waals surface area contributed by atoms with Gasteiger partial charge in [-0.2, -0.15) is 0 Å². The zero-order valence-corrected chi connectivity index (χ0v) is 18.6. The molecule has 0 aliphatic carbocycles. The van der Waals surface area contributed by atoms with Crippen LogP contribution in [0.4, 0.5) is 10.2 Å². The maximum Gasteiger partial charge on any atom is 0.158 e. The molecule has 0 spiro atoms. The van der Waals surface area contributed by atoms with Crippen molar-refractivity contribution < 1.29 is 9.50 Å². The van der Waals surface area contributed by atoms with E-state index in [2.05, 4.69) is 26.7 Å². The second-order valence-corrected chi connectivity index (χ2v) is 8.59. The van der Waals surface area contributed by atoms with Crippen LogP contribution in [0.3, 0.4) is 0 Å². The van der Waals surface area contributed by atoms with Gasteiger partial charge in [0.15, 0.2) is 5.82 Å². The SMILES string of the molecule is CCCN1CCN(c2ncnc3c(F)c(-c4cc(O)cc5ccccc45)c(Cl)cc23)CC1. The fourth-order valence-electron chi connectivity index (χ4n) is 4.62. The van der Waals surface area contributed by atoms with E-state index in [0.29, 0.717) is 16.8 Å². The third kappa shape index (κ3) is 3.63. The number of phenols is 1. The van der Waals surface area contributed by atoms with Gasteiger partial charge in [0.2, 0.25) is 0 Å². The summed E-state index contributed by atoms with van der Waals surface area (Å²) in [5, 5.41) is 12.7. The normalized spacial score (nSPS) is 15.0. The average molecular weight is 451 g/mol. The first-order valence-corrected chi connectivity index (χ1v) is 11.3. The van der Waals surface area contributed by atoms with Crippen molar-refractivity contribution in [3.05, 3.63) is 59.6 Å². The predicted octanol–water partition coefficient (Wildman–Crippen LogP) is 5.48. The average Bonchev–Trinajstić information content (AvgIpc) is 2.79. The summed E-state index contributed by atoms with van der Waals surface area (Å²) in [4.78, 5) is 13.4. The molecule has 1 aromatic heterocycles. The number of phenolic OH excluding ortho intramolecular Hbond substituents is 1. The van der Waals surface area contributed by atoms with E-state index in [1.807, 2.05) is 24.3 Å². The van der Waals surface area contributed by atoms with Crippen LogP contribution in [0.25, 0.3) is 32.8 Å². The van der Waals surface area contributed by atoms with Gasteiger partial charge in [-0.25, -0.2) is 14.4 Å². The lowest BCUT2D eigenvalue weighted by atomic mass is 9.96. The molecule has 0 unspecified atom stereocenters. The smallest absolute Gasteiger partial charge is 0.158 e. The highest BCUT2D eigenvalue weighted by molar-refractivity contribution is 6.35. The standard InChI is InChI=1S/C25H24ClFN4O/c1-2-7-30-8-10-31(11-9-30)25-20-14-21(26)22(23(27)24(20)28-15-29-25)19-13-17(32)12-16-5-3-4-6-18(16)19/h3-6,12-15,32H,2,7-11H2,1H3. The van der Waals surface area contributed by atoms with Gasteiger partial charge in [0, 0.05) is 37.1 Å². The molecular formula is C25H24ClFN4O. The van der Waals surface area contributed by atoms with Crippen molar-refractivity contribution in [3.8, 4) is 16.9 Å². The van der Waals surface area contributed by atoms with E-state index >= 15 is 4.39 Å². The van der Waals surface area contributed by atoms with E-state index in [-0.39, 0.29) is 21.9 Å². The van der Waals surface area contributed by atoms with Crippen molar-refractivity contribution in [2.45, 2.75) is 13.3 Å². The Kier molecular flexibility index (Phi) is 5.57. The van der Waals surface area contributed by atoms with Gasteiger partial charge in [0.25, 0.3) is 0 Å². The van der Waals surface area contributed by atoms with Gasteiger partial charge in [-0.3, -0.25) is 4.90 Å². The van der Waals surface area contributed by atoms with Crippen LogP contribution in [0.2, 0.25) is 5.02 Å². The van der Waals surface area contributed by atoms with Gasteiger partial charge in [0.1, 0.15) is 23.4 Å². The summed E-state index contributed by atoms with van der Waals surface area (Å²) in [5.74, 6) is 0.262. The minimum Gasteiger partial charge on any atom is -0.508 e. The Bertz CT molecular complexity index is 1300. The highest BCUT2D eigenvalue weighted by atomic mass is 35.5. The molecule has 164 valence electrons. The van der Waals surface area contributed by atoms with E-state index in [9.17, 15) is 5.11 Å². The van der Waals surface area contributed by atoms with Gasteiger partial charge in [-0.05, 0) is 47.5 Å². The molecule has 0 radical (unpaired) electrons. The quantitative estimate of drug-likeness (QED) is 0.446. The molecule has 2 heterocycles. The lowest BCUT2D eigenvalue weighted by Crippen LogP contribution is -2.46. The first-order chi connectivity index (χ1) is 15.6. The summed E-state index contributed by atoms with van der Waals surface area (Å²) in [5.41, 5.74) is 1.01. The van der Waals surface area contributed by atoms with Crippen LogP contribution in [0.15, 0.2) is 48.8 Å². The molecule has 1 N–H and O–H groups in total. The minimum atomic E-state index is -0.503. The van der Waals surface area contributed by atoms with Crippen molar-refractivity contribution in [2.24, 2.45) is 0 Å². The molecule has 0 amide bonds. The number of halogens is 2. The summed E-state index contributed by atoms with van der Waals surface area (Å²) in [6.07, 6.45) is 2.54. The number of benzene rings is 3. The molecule has 32 heavy (non-hydrogen) atoms. The zero-order chi connectivity index (χ0) is 22.2. The Hall–Kier alpha value is -2.96. The summed E-state index contributed by atoms with van der Waals surface area (Å²) in [7, 11) is 0. The second kappa shape index (κ2) is 8.52. The molecule has 5 nitrogen and oxygen atoms in total. The van der Waals surface area contributed by atoms with Crippen molar-refractivity contribution >= 4 is 39.1 Å². The fraction of sp³-hybridized carbons (Fsp3) is 0.280. The van der Waals surface area contributed by atoms with Gasteiger partial charge in [-0.15, -0.1) is 0 Å². The van der Waals surface area contributed by atoms with Crippen LogP contribution in [0.1, 0.15) is 13.3 Å². The highest BCUT2D eigenvalue weighted by Gasteiger charge is 2.24. The Balaban J connectivity index is 1.63. The number of anilines is 1. The molecule has 5 rings (SSSR count). The predicted molar refractivity (Wildman–Crippen MR) is 128 cm³/mol. The Morgan fingerprint density at radius 2 is 1.81 bits per heavy atom. The van der Waals surface area contributed by atoms with Crippen molar-refractivity contribution in [1.29, 1.82) is 0 Å². The molecule has 3 aromatic carbocycles. The van der Waals surface area contributed by atoms with E-state index in [0.717, 1.165) is 49.9 Å². The van der Waals surface area contributed by atoms with E-state index in [1.54, 1.807) is 18.2 Å². The summed E-state index contributed by atoms with van der Waals surface area (Å²) in [6, 6.07) is 12.5.